The summed E-state index contributed by atoms with van der Waals surface area (Å²) in [5.74, 6) is -0.00614. The number of aromatic nitrogens is 2. The Bertz CT molecular complexity index is 1820. The van der Waals surface area contributed by atoms with Crippen LogP contribution in [-0.4, -0.2) is 59.2 Å². The van der Waals surface area contributed by atoms with Gasteiger partial charge >= 0.3 is 12.2 Å². The van der Waals surface area contributed by atoms with Gasteiger partial charge in [-0.1, -0.05) is 18.2 Å². The zero-order chi connectivity index (χ0) is 31.7. The highest BCUT2D eigenvalue weighted by atomic mass is 19.4. The molecule has 1 saturated heterocycles. The molecule has 3 heterocycles. The van der Waals surface area contributed by atoms with Gasteiger partial charge in [0.15, 0.2) is 5.82 Å². The number of urea groups is 1. The molecule has 2 aliphatic rings. The van der Waals surface area contributed by atoms with Crippen LogP contribution in [0.3, 0.4) is 0 Å². The van der Waals surface area contributed by atoms with Crippen LogP contribution in [0.25, 0.3) is 11.3 Å². The summed E-state index contributed by atoms with van der Waals surface area (Å²) in [6.07, 6.45) is -2.44. The molecule has 1 aromatic heterocycles. The average Bonchev–Trinajstić information content (AvgIpc) is 3.48. The van der Waals surface area contributed by atoms with Crippen molar-refractivity contribution in [3.05, 3.63) is 100.0 Å². The molecule has 232 valence electrons. The highest BCUT2D eigenvalue weighted by Crippen LogP contribution is 2.36. The number of morpholine rings is 1. The van der Waals surface area contributed by atoms with Crippen molar-refractivity contribution in [2.45, 2.75) is 12.6 Å². The molecule has 0 bridgehead atoms. The lowest BCUT2D eigenvalue weighted by atomic mass is 10.0. The van der Waals surface area contributed by atoms with Crippen molar-refractivity contribution < 1.29 is 27.5 Å². The SMILES string of the molecule is Cn1cc(-c2cccc3c2CCN3C(=O)Nc2cccc(C(F)(F)F)c2)nc(Nc2ccc(C(=O)N3CCOCC3)cc2)c1=O. The summed E-state index contributed by atoms with van der Waals surface area (Å²) in [5, 5.41) is 5.63. The van der Waals surface area contributed by atoms with Gasteiger partial charge in [0.1, 0.15) is 0 Å². The number of anilines is 4. The molecule has 2 N–H and O–H groups in total. The highest BCUT2D eigenvalue weighted by molar-refractivity contribution is 6.04. The first-order valence-corrected chi connectivity index (χ1v) is 14.3. The number of carbonyl (C=O) groups is 2. The van der Waals surface area contributed by atoms with E-state index in [1.165, 1.54) is 21.6 Å². The van der Waals surface area contributed by atoms with Crippen LogP contribution >= 0.6 is 0 Å². The summed E-state index contributed by atoms with van der Waals surface area (Å²) in [4.78, 5) is 46.7. The minimum atomic E-state index is -4.53. The topological polar surface area (TPSA) is 109 Å². The predicted octanol–water partition coefficient (Wildman–Crippen LogP) is 5.28. The fourth-order valence-corrected chi connectivity index (χ4v) is 5.45. The predicted molar refractivity (Wildman–Crippen MR) is 163 cm³/mol. The van der Waals surface area contributed by atoms with E-state index in [1.54, 1.807) is 54.5 Å². The van der Waals surface area contributed by atoms with Gasteiger partial charge in [0.25, 0.3) is 11.5 Å². The zero-order valence-corrected chi connectivity index (χ0v) is 24.2. The van der Waals surface area contributed by atoms with Gasteiger partial charge in [-0.15, -0.1) is 0 Å². The molecule has 45 heavy (non-hydrogen) atoms. The first-order valence-electron chi connectivity index (χ1n) is 14.3. The van der Waals surface area contributed by atoms with Crippen LogP contribution in [0.5, 0.6) is 0 Å². The van der Waals surface area contributed by atoms with Crippen LogP contribution in [0, 0.1) is 0 Å². The molecule has 3 aromatic carbocycles. The highest BCUT2D eigenvalue weighted by Gasteiger charge is 2.31. The van der Waals surface area contributed by atoms with Gasteiger partial charge in [-0.25, -0.2) is 9.78 Å². The van der Waals surface area contributed by atoms with Crippen LogP contribution in [0.2, 0.25) is 0 Å². The first kappa shape index (κ1) is 29.9. The van der Waals surface area contributed by atoms with Crippen molar-refractivity contribution >= 4 is 34.8 Å². The monoisotopic (exact) mass is 618 g/mol. The van der Waals surface area contributed by atoms with Crippen molar-refractivity contribution in [1.29, 1.82) is 0 Å². The van der Waals surface area contributed by atoms with E-state index in [0.717, 1.165) is 17.7 Å². The van der Waals surface area contributed by atoms with Crippen molar-refractivity contribution in [2.24, 2.45) is 7.05 Å². The third-order valence-electron chi connectivity index (χ3n) is 7.75. The molecule has 0 radical (unpaired) electrons. The Balaban J connectivity index is 1.22. The third-order valence-corrected chi connectivity index (χ3v) is 7.75. The summed E-state index contributed by atoms with van der Waals surface area (Å²) < 4.78 is 46.2. The van der Waals surface area contributed by atoms with Crippen molar-refractivity contribution in [3.8, 4) is 11.3 Å². The number of ether oxygens (including phenoxy) is 1. The van der Waals surface area contributed by atoms with Gasteiger partial charge in [-0.3, -0.25) is 14.5 Å². The molecule has 0 aliphatic carbocycles. The van der Waals surface area contributed by atoms with Crippen LogP contribution in [0.15, 0.2) is 77.7 Å². The molecule has 0 atom stereocenters. The van der Waals surface area contributed by atoms with Gasteiger partial charge in [-0.2, -0.15) is 13.2 Å². The number of carbonyl (C=O) groups excluding carboxylic acids is 2. The van der Waals surface area contributed by atoms with Crippen LogP contribution in [0.1, 0.15) is 21.5 Å². The lowest BCUT2D eigenvalue weighted by molar-refractivity contribution is -0.137. The maximum absolute atomic E-state index is 13.1. The van der Waals surface area contributed by atoms with Crippen molar-refractivity contribution in [3.63, 3.8) is 0 Å². The van der Waals surface area contributed by atoms with E-state index in [9.17, 15) is 27.6 Å². The van der Waals surface area contributed by atoms with Crippen molar-refractivity contribution in [2.75, 3.05) is 48.4 Å². The molecule has 13 heteroatoms. The molecule has 6 rings (SSSR count). The number of hydrogen-bond donors (Lipinski definition) is 2. The second kappa shape index (κ2) is 12.1. The van der Waals surface area contributed by atoms with Gasteiger partial charge < -0.3 is 24.8 Å². The smallest absolute Gasteiger partial charge is 0.378 e. The van der Waals surface area contributed by atoms with Crippen LogP contribution < -0.4 is 21.1 Å². The second-order valence-corrected chi connectivity index (χ2v) is 10.7. The first-order chi connectivity index (χ1) is 21.6. The number of rotatable bonds is 5. The molecule has 1 fully saturated rings. The van der Waals surface area contributed by atoms with E-state index >= 15 is 0 Å². The Labute approximate surface area is 256 Å². The van der Waals surface area contributed by atoms with E-state index in [-0.39, 0.29) is 23.0 Å². The van der Waals surface area contributed by atoms with E-state index in [1.807, 2.05) is 6.07 Å². The maximum Gasteiger partial charge on any atom is 0.416 e. The standard InChI is InChI=1S/C32H29F3N6O4/c1-39-19-26(38-28(30(39)43)36-22-10-8-20(9-11-22)29(42)40-14-16-45-17-15-40)24-6-3-7-27-25(24)12-13-41(27)31(44)37-23-5-2-4-21(18-23)32(33,34)35/h2-11,18-19H,12-17H2,1H3,(H,36,38)(H,37,44). The van der Waals surface area contributed by atoms with Gasteiger partial charge in [-0.05, 0) is 60.5 Å². The van der Waals surface area contributed by atoms with Gasteiger partial charge in [0, 0.05) is 61.1 Å². The summed E-state index contributed by atoms with van der Waals surface area (Å²) in [7, 11) is 1.61. The molecule has 0 spiro atoms. The number of amides is 3. The van der Waals surface area contributed by atoms with Crippen molar-refractivity contribution in [1.82, 2.24) is 14.5 Å². The Morgan fingerprint density at radius 3 is 2.40 bits per heavy atom. The van der Waals surface area contributed by atoms with Gasteiger partial charge in [0.05, 0.1) is 24.5 Å². The molecule has 0 unspecified atom stereocenters. The molecular formula is C32H29F3N6O4. The molecule has 4 aromatic rings. The lowest BCUT2D eigenvalue weighted by Gasteiger charge is -2.26. The average molecular weight is 619 g/mol. The Morgan fingerprint density at radius 2 is 1.67 bits per heavy atom. The normalized spacial score (nSPS) is 14.7. The van der Waals surface area contributed by atoms with Gasteiger partial charge in [0.2, 0.25) is 0 Å². The lowest BCUT2D eigenvalue weighted by Crippen LogP contribution is -2.40. The molecule has 0 saturated carbocycles. The summed E-state index contributed by atoms with van der Waals surface area (Å²) in [5.41, 5.74) is 2.55. The van der Waals surface area contributed by atoms with E-state index < -0.39 is 17.8 Å². The molecular weight excluding hydrogens is 589 g/mol. The van der Waals surface area contributed by atoms with Crippen LogP contribution in [-0.2, 0) is 24.4 Å². The largest absolute Gasteiger partial charge is 0.416 e. The number of alkyl halides is 3. The zero-order valence-electron chi connectivity index (χ0n) is 24.2. The minimum Gasteiger partial charge on any atom is -0.378 e. The number of halogens is 3. The number of fused-ring (bicyclic) bond motifs is 1. The number of aryl methyl sites for hydroxylation is 1. The van der Waals surface area contributed by atoms with Crippen LogP contribution in [0.4, 0.5) is 40.8 Å². The molecule has 3 amide bonds. The fraction of sp³-hybridized carbons (Fsp3) is 0.250. The molecule has 10 nitrogen and oxygen atoms in total. The fourth-order valence-electron chi connectivity index (χ4n) is 5.45. The Morgan fingerprint density at radius 1 is 0.933 bits per heavy atom. The number of hydrogen-bond acceptors (Lipinski definition) is 6. The Hall–Kier alpha value is -5.17. The Kier molecular flexibility index (Phi) is 8.02. The minimum absolute atomic E-state index is 0.0355. The number of nitrogens with zero attached hydrogens (tertiary/aromatic N) is 4. The molecule has 2 aliphatic heterocycles. The number of benzene rings is 3. The quantitative estimate of drug-likeness (QED) is 0.315. The summed E-state index contributed by atoms with van der Waals surface area (Å²) in [6.45, 7) is 2.39. The van der Waals surface area contributed by atoms with E-state index in [2.05, 4.69) is 15.6 Å². The number of nitrogens with one attached hydrogen (secondary N) is 2. The summed E-state index contributed by atoms with van der Waals surface area (Å²) >= 11 is 0. The second-order valence-electron chi connectivity index (χ2n) is 10.7. The third kappa shape index (κ3) is 6.25. The summed E-state index contributed by atoms with van der Waals surface area (Å²) in [6, 6.07) is 16.1. The maximum atomic E-state index is 13.1. The van der Waals surface area contributed by atoms with E-state index in [4.69, 9.17) is 4.74 Å². The van der Waals surface area contributed by atoms with E-state index in [0.29, 0.717) is 67.5 Å².